The molecule has 0 saturated carbocycles. The zero-order chi connectivity index (χ0) is 19.8. The van der Waals surface area contributed by atoms with Crippen LogP contribution in [0.3, 0.4) is 0 Å². The number of nitrogens with zero attached hydrogens (tertiary/aromatic N) is 2. The summed E-state index contributed by atoms with van der Waals surface area (Å²) in [6.45, 7) is 3.44. The highest BCUT2D eigenvalue weighted by atomic mass is 16.5. The molecule has 1 heterocycles. The first-order valence-electron chi connectivity index (χ1n) is 9.48. The molecule has 0 aliphatic carbocycles. The lowest BCUT2D eigenvalue weighted by molar-refractivity contribution is 0.166. The number of methoxy groups -OCH3 is 1. The van der Waals surface area contributed by atoms with Gasteiger partial charge in [-0.2, -0.15) is 5.26 Å². The minimum atomic E-state index is -0.361. The summed E-state index contributed by atoms with van der Waals surface area (Å²) in [6, 6.07) is 17.8. The highest BCUT2D eigenvalue weighted by molar-refractivity contribution is 5.67. The Morgan fingerprint density at radius 2 is 1.86 bits per heavy atom. The van der Waals surface area contributed by atoms with Crippen LogP contribution in [0.4, 0.5) is 4.79 Å². The van der Waals surface area contributed by atoms with Crippen molar-refractivity contribution in [2.24, 2.45) is 0 Å². The molecule has 1 fully saturated rings. The molecule has 6 nitrogen and oxygen atoms in total. The third-order valence-electron chi connectivity index (χ3n) is 4.87. The van der Waals surface area contributed by atoms with Crippen molar-refractivity contribution in [3.63, 3.8) is 0 Å². The molecule has 2 aromatic rings. The predicted octanol–water partition coefficient (Wildman–Crippen LogP) is 3.42. The first-order valence-corrected chi connectivity index (χ1v) is 9.48. The minimum absolute atomic E-state index is 0.170. The number of benzene rings is 2. The van der Waals surface area contributed by atoms with E-state index in [2.05, 4.69) is 21.0 Å². The standard InChI is InChI=1S/C22H25N3O3/c1-27-22(26)24-20-11-13-25(16-20)12-2-14-28-21-9-7-19(8-10-21)18-5-3-17(15-23)4-6-18/h3-10,20H,2,11-14,16H2,1H3,(H,24,26)/t20-/m1/s1. The fourth-order valence-corrected chi connectivity index (χ4v) is 3.34. The zero-order valence-electron chi connectivity index (χ0n) is 16.1. The van der Waals surface area contributed by atoms with Crippen molar-refractivity contribution >= 4 is 6.09 Å². The van der Waals surface area contributed by atoms with E-state index in [1.807, 2.05) is 48.5 Å². The summed E-state index contributed by atoms with van der Waals surface area (Å²) < 4.78 is 10.5. The summed E-state index contributed by atoms with van der Waals surface area (Å²) in [5.41, 5.74) is 2.84. The Morgan fingerprint density at radius 1 is 1.18 bits per heavy atom. The monoisotopic (exact) mass is 379 g/mol. The lowest BCUT2D eigenvalue weighted by atomic mass is 10.0. The van der Waals surface area contributed by atoms with Crippen LogP contribution >= 0.6 is 0 Å². The number of carbonyl (C=O) groups excluding carboxylic acids is 1. The van der Waals surface area contributed by atoms with Gasteiger partial charge in [0.2, 0.25) is 0 Å². The van der Waals surface area contributed by atoms with Gasteiger partial charge in [-0.05, 0) is 48.2 Å². The molecule has 0 bridgehead atoms. The quantitative estimate of drug-likeness (QED) is 0.746. The molecule has 0 unspecified atom stereocenters. The number of likely N-dealkylation sites (tertiary alicyclic amines) is 1. The number of nitrogens with one attached hydrogen (secondary N) is 1. The lowest BCUT2D eigenvalue weighted by Crippen LogP contribution is -2.37. The van der Waals surface area contributed by atoms with Gasteiger partial charge >= 0.3 is 6.09 Å². The molecule has 0 radical (unpaired) electrons. The highest BCUT2D eigenvalue weighted by Crippen LogP contribution is 2.23. The maximum atomic E-state index is 11.3. The summed E-state index contributed by atoms with van der Waals surface area (Å²) in [5.74, 6) is 0.851. The fourth-order valence-electron chi connectivity index (χ4n) is 3.34. The molecule has 1 aliphatic heterocycles. The van der Waals surface area contributed by atoms with E-state index in [1.54, 1.807) is 0 Å². The number of rotatable bonds is 7. The Balaban J connectivity index is 1.38. The van der Waals surface area contributed by atoms with Crippen LogP contribution in [0.1, 0.15) is 18.4 Å². The first-order chi connectivity index (χ1) is 13.7. The molecule has 1 aliphatic rings. The Kier molecular flexibility index (Phi) is 6.88. The lowest BCUT2D eigenvalue weighted by Gasteiger charge is -2.16. The predicted molar refractivity (Wildman–Crippen MR) is 107 cm³/mol. The molecule has 28 heavy (non-hydrogen) atoms. The topological polar surface area (TPSA) is 74.6 Å². The Hall–Kier alpha value is -3.04. The second-order valence-electron chi connectivity index (χ2n) is 6.84. The summed E-state index contributed by atoms with van der Waals surface area (Å²) in [6.07, 6.45) is 1.52. The highest BCUT2D eigenvalue weighted by Gasteiger charge is 2.23. The van der Waals surface area contributed by atoms with Crippen molar-refractivity contribution in [3.8, 4) is 22.9 Å². The van der Waals surface area contributed by atoms with Crippen molar-refractivity contribution in [1.82, 2.24) is 10.2 Å². The van der Waals surface area contributed by atoms with Gasteiger partial charge in [-0.25, -0.2) is 4.79 Å². The molecule has 1 amide bonds. The number of ether oxygens (including phenoxy) is 2. The average molecular weight is 379 g/mol. The van der Waals surface area contributed by atoms with Crippen molar-refractivity contribution in [2.45, 2.75) is 18.9 Å². The van der Waals surface area contributed by atoms with Gasteiger partial charge in [-0.3, -0.25) is 0 Å². The number of hydrogen-bond donors (Lipinski definition) is 1. The molecule has 146 valence electrons. The molecule has 3 rings (SSSR count). The van der Waals surface area contributed by atoms with Gasteiger partial charge in [-0.1, -0.05) is 24.3 Å². The van der Waals surface area contributed by atoms with Crippen LogP contribution in [0, 0.1) is 11.3 Å². The normalized spacial score (nSPS) is 16.4. The Bertz CT molecular complexity index is 812. The van der Waals surface area contributed by atoms with Crippen LogP contribution in [0.2, 0.25) is 0 Å². The van der Waals surface area contributed by atoms with Crippen LogP contribution in [-0.4, -0.2) is 50.4 Å². The molecular weight excluding hydrogens is 354 g/mol. The van der Waals surface area contributed by atoms with E-state index in [0.717, 1.165) is 49.4 Å². The van der Waals surface area contributed by atoms with Gasteiger partial charge in [0.1, 0.15) is 5.75 Å². The second kappa shape index (κ2) is 9.77. The molecule has 0 aromatic heterocycles. The average Bonchev–Trinajstić information content (AvgIpc) is 3.18. The number of alkyl carbamates (subject to hydrolysis) is 1. The van der Waals surface area contributed by atoms with E-state index >= 15 is 0 Å². The molecular formula is C22H25N3O3. The van der Waals surface area contributed by atoms with Crippen molar-refractivity contribution < 1.29 is 14.3 Å². The van der Waals surface area contributed by atoms with Gasteiger partial charge < -0.3 is 19.7 Å². The van der Waals surface area contributed by atoms with Crippen LogP contribution in [0.25, 0.3) is 11.1 Å². The zero-order valence-corrected chi connectivity index (χ0v) is 16.1. The fraction of sp³-hybridized carbons (Fsp3) is 0.364. The number of nitriles is 1. The van der Waals surface area contributed by atoms with E-state index in [1.165, 1.54) is 7.11 Å². The van der Waals surface area contributed by atoms with Crippen LogP contribution in [-0.2, 0) is 4.74 Å². The van der Waals surface area contributed by atoms with Gasteiger partial charge in [-0.15, -0.1) is 0 Å². The van der Waals surface area contributed by atoms with Gasteiger partial charge in [0, 0.05) is 25.7 Å². The summed E-state index contributed by atoms with van der Waals surface area (Å²) in [4.78, 5) is 13.6. The van der Waals surface area contributed by atoms with E-state index in [-0.39, 0.29) is 12.1 Å². The first kappa shape index (κ1) is 19.7. The number of amides is 1. The van der Waals surface area contributed by atoms with Crippen LogP contribution in [0.5, 0.6) is 5.75 Å². The van der Waals surface area contributed by atoms with Gasteiger partial charge in [0.25, 0.3) is 0 Å². The largest absolute Gasteiger partial charge is 0.494 e. The third kappa shape index (κ3) is 5.48. The molecule has 1 N–H and O–H groups in total. The molecule has 6 heteroatoms. The van der Waals surface area contributed by atoms with Crippen LogP contribution < -0.4 is 10.1 Å². The van der Waals surface area contributed by atoms with Gasteiger partial charge in [0.15, 0.2) is 0 Å². The second-order valence-corrected chi connectivity index (χ2v) is 6.84. The van der Waals surface area contributed by atoms with Gasteiger partial charge in [0.05, 0.1) is 25.3 Å². The van der Waals surface area contributed by atoms with E-state index in [0.29, 0.717) is 12.2 Å². The molecule has 1 atom stereocenters. The smallest absolute Gasteiger partial charge is 0.407 e. The molecule has 2 aromatic carbocycles. The van der Waals surface area contributed by atoms with Crippen molar-refractivity contribution in [2.75, 3.05) is 33.4 Å². The molecule has 1 saturated heterocycles. The maximum Gasteiger partial charge on any atom is 0.407 e. The molecule has 0 spiro atoms. The van der Waals surface area contributed by atoms with E-state index < -0.39 is 0 Å². The number of carbonyl (C=O) groups is 1. The number of hydrogen-bond acceptors (Lipinski definition) is 5. The Morgan fingerprint density at radius 3 is 2.50 bits per heavy atom. The third-order valence-corrected chi connectivity index (χ3v) is 4.87. The Labute approximate surface area is 165 Å². The van der Waals surface area contributed by atoms with Crippen LogP contribution in [0.15, 0.2) is 48.5 Å². The van der Waals surface area contributed by atoms with E-state index in [9.17, 15) is 4.79 Å². The summed E-state index contributed by atoms with van der Waals surface area (Å²) >= 11 is 0. The summed E-state index contributed by atoms with van der Waals surface area (Å²) in [5, 5.41) is 11.7. The maximum absolute atomic E-state index is 11.3. The summed E-state index contributed by atoms with van der Waals surface area (Å²) in [7, 11) is 1.39. The SMILES string of the molecule is COC(=O)N[C@@H]1CCN(CCCOc2ccc(-c3ccc(C#N)cc3)cc2)C1. The van der Waals surface area contributed by atoms with E-state index in [4.69, 9.17) is 10.00 Å². The van der Waals surface area contributed by atoms with Crippen molar-refractivity contribution in [1.29, 1.82) is 5.26 Å². The van der Waals surface area contributed by atoms with Crippen molar-refractivity contribution in [3.05, 3.63) is 54.1 Å². The minimum Gasteiger partial charge on any atom is -0.494 e.